The molecule has 0 spiro atoms. The summed E-state index contributed by atoms with van der Waals surface area (Å²) in [7, 11) is 1.72. The molecule has 0 aliphatic rings. The second kappa shape index (κ2) is 5.24. The molecule has 1 aromatic rings. The van der Waals surface area contributed by atoms with Crippen LogP contribution in [0.15, 0.2) is 10.3 Å². The summed E-state index contributed by atoms with van der Waals surface area (Å²) in [6, 6.07) is 1.70. The Labute approximate surface area is 100 Å². The summed E-state index contributed by atoms with van der Waals surface area (Å²) in [5.41, 5.74) is 0.999. The SMILES string of the molecule is CNCc1sc(S(=O)(=O)NN(C)C)cc1C. The maximum absolute atomic E-state index is 11.8. The highest BCUT2D eigenvalue weighted by molar-refractivity contribution is 7.91. The number of hydrazine groups is 1. The molecule has 0 bridgehead atoms. The van der Waals surface area contributed by atoms with Gasteiger partial charge in [-0.1, -0.05) is 0 Å². The van der Waals surface area contributed by atoms with Crippen LogP contribution in [0, 0.1) is 6.92 Å². The third kappa shape index (κ3) is 3.26. The lowest BCUT2D eigenvalue weighted by Gasteiger charge is -2.10. The third-order valence-electron chi connectivity index (χ3n) is 1.90. The lowest BCUT2D eigenvalue weighted by atomic mass is 10.3. The second-order valence-electron chi connectivity index (χ2n) is 3.69. The number of thiophene rings is 1. The van der Waals surface area contributed by atoms with E-state index in [2.05, 4.69) is 10.1 Å². The molecule has 0 amide bonds. The fourth-order valence-corrected chi connectivity index (χ4v) is 3.91. The van der Waals surface area contributed by atoms with Gasteiger partial charge < -0.3 is 5.32 Å². The van der Waals surface area contributed by atoms with Crippen LogP contribution >= 0.6 is 11.3 Å². The van der Waals surface area contributed by atoms with Crippen molar-refractivity contribution < 1.29 is 8.42 Å². The first-order valence-electron chi connectivity index (χ1n) is 4.80. The minimum absolute atomic E-state index is 0.351. The molecule has 0 saturated carbocycles. The molecular weight excluding hydrogens is 246 g/mol. The number of rotatable bonds is 5. The number of nitrogens with zero attached hydrogens (tertiary/aromatic N) is 1. The summed E-state index contributed by atoms with van der Waals surface area (Å²) >= 11 is 1.29. The van der Waals surface area contributed by atoms with E-state index >= 15 is 0 Å². The zero-order valence-electron chi connectivity index (χ0n) is 9.86. The molecule has 92 valence electrons. The molecule has 2 N–H and O–H groups in total. The first kappa shape index (κ1) is 13.6. The third-order valence-corrected chi connectivity index (χ3v) is 5.10. The van der Waals surface area contributed by atoms with Gasteiger partial charge in [0.1, 0.15) is 4.21 Å². The van der Waals surface area contributed by atoms with Crippen molar-refractivity contribution in [3.63, 3.8) is 0 Å². The van der Waals surface area contributed by atoms with Crippen molar-refractivity contribution in [1.29, 1.82) is 0 Å². The van der Waals surface area contributed by atoms with Gasteiger partial charge in [-0.3, -0.25) is 0 Å². The molecule has 1 aromatic heterocycles. The normalized spacial score (nSPS) is 12.3. The van der Waals surface area contributed by atoms with Crippen LogP contribution in [0.2, 0.25) is 0 Å². The number of hydrogen-bond donors (Lipinski definition) is 2. The smallest absolute Gasteiger partial charge is 0.262 e. The molecule has 0 radical (unpaired) electrons. The van der Waals surface area contributed by atoms with Crippen LogP contribution in [-0.2, 0) is 16.6 Å². The first-order chi connectivity index (χ1) is 7.36. The van der Waals surface area contributed by atoms with E-state index in [4.69, 9.17) is 0 Å². The van der Waals surface area contributed by atoms with Crippen LogP contribution < -0.4 is 10.1 Å². The Balaban J connectivity index is 3.01. The maximum atomic E-state index is 11.8. The van der Waals surface area contributed by atoms with Gasteiger partial charge in [0, 0.05) is 25.5 Å². The predicted octanol–water partition coefficient (Wildman–Crippen LogP) is 0.531. The molecule has 1 heterocycles. The van der Waals surface area contributed by atoms with Gasteiger partial charge >= 0.3 is 0 Å². The average molecular weight is 263 g/mol. The number of sulfonamides is 1. The summed E-state index contributed by atoms with van der Waals surface area (Å²) in [4.78, 5) is 3.46. The number of aryl methyl sites for hydroxylation is 1. The molecule has 0 atom stereocenters. The molecule has 16 heavy (non-hydrogen) atoms. The van der Waals surface area contributed by atoms with Crippen LogP contribution in [0.3, 0.4) is 0 Å². The largest absolute Gasteiger partial charge is 0.315 e. The van der Waals surface area contributed by atoms with E-state index in [1.807, 2.05) is 14.0 Å². The highest BCUT2D eigenvalue weighted by Gasteiger charge is 2.19. The van der Waals surface area contributed by atoms with E-state index < -0.39 is 10.0 Å². The first-order valence-corrected chi connectivity index (χ1v) is 7.10. The molecule has 0 unspecified atom stereocenters. The van der Waals surface area contributed by atoms with Gasteiger partial charge in [-0.2, -0.15) is 0 Å². The molecule has 0 aliphatic carbocycles. The molecular formula is C9H17N3O2S2. The van der Waals surface area contributed by atoms with Crippen molar-refractivity contribution in [3.05, 3.63) is 16.5 Å². The van der Waals surface area contributed by atoms with Crippen molar-refractivity contribution in [2.75, 3.05) is 21.1 Å². The van der Waals surface area contributed by atoms with E-state index in [9.17, 15) is 8.42 Å². The van der Waals surface area contributed by atoms with E-state index in [1.54, 1.807) is 20.2 Å². The van der Waals surface area contributed by atoms with Gasteiger partial charge in [-0.15, -0.1) is 16.2 Å². The second-order valence-corrected chi connectivity index (χ2v) is 6.72. The topological polar surface area (TPSA) is 61.4 Å². The highest BCUT2D eigenvalue weighted by atomic mass is 32.2. The quantitative estimate of drug-likeness (QED) is 0.761. The van der Waals surface area contributed by atoms with E-state index in [0.717, 1.165) is 10.4 Å². The molecule has 0 saturated heterocycles. The van der Waals surface area contributed by atoms with Crippen LogP contribution in [0.1, 0.15) is 10.4 Å². The van der Waals surface area contributed by atoms with E-state index in [-0.39, 0.29) is 0 Å². The Morgan fingerprint density at radius 2 is 2.06 bits per heavy atom. The van der Waals surface area contributed by atoms with Crippen molar-refractivity contribution >= 4 is 21.4 Å². The summed E-state index contributed by atoms with van der Waals surface area (Å²) < 4.78 is 24.1. The summed E-state index contributed by atoms with van der Waals surface area (Å²) in [6.45, 7) is 2.60. The lowest BCUT2D eigenvalue weighted by molar-refractivity contribution is 0.364. The summed E-state index contributed by atoms with van der Waals surface area (Å²) in [5.74, 6) is 0. The Morgan fingerprint density at radius 1 is 1.44 bits per heavy atom. The fraction of sp³-hybridized carbons (Fsp3) is 0.556. The zero-order valence-corrected chi connectivity index (χ0v) is 11.5. The Bertz CT molecular complexity index is 451. The fourth-order valence-electron chi connectivity index (χ4n) is 1.24. The van der Waals surface area contributed by atoms with E-state index in [1.165, 1.54) is 16.3 Å². The summed E-state index contributed by atoms with van der Waals surface area (Å²) in [5, 5.41) is 4.43. The Morgan fingerprint density at radius 3 is 2.56 bits per heavy atom. The minimum Gasteiger partial charge on any atom is -0.315 e. The van der Waals surface area contributed by atoms with Crippen LogP contribution in [0.25, 0.3) is 0 Å². The van der Waals surface area contributed by atoms with Crippen LogP contribution in [0.4, 0.5) is 0 Å². The van der Waals surface area contributed by atoms with Crippen LogP contribution in [-0.4, -0.2) is 34.6 Å². The monoisotopic (exact) mass is 263 g/mol. The minimum atomic E-state index is -3.41. The van der Waals surface area contributed by atoms with Crippen LogP contribution in [0.5, 0.6) is 0 Å². The predicted molar refractivity (Wildman–Crippen MR) is 65.8 cm³/mol. The summed E-state index contributed by atoms with van der Waals surface area (Å²) in [6.07, 6.45) is 0. The standard InChI is InChI=1S/C9H17N3O2S2/c1-7-5-9(15-8(7)6-10-2)16(13,14)11-12(3)4/h5,10-11H,6H2,1-4H3. The van der Waals surface area contributed by atoms with Gasteiger partial charge in [0.05, 0.1) is 0 Å². The molecule has 0 aliphatic heterocycles. The van der Waals surface area contributed by atoms with E-state index in [0.29, 0.717) is 10.8 Å². The molecule has 7 heteroatoms. The number of hydrogen-bond acceptors (Lipinski definition) is 5. The van der Waals surface area contributed by atoms with Crippen molar-refractivity contribution in [2.45, 2.75) is 17.7 Å². The molecule has 0 aromatic carbocycles. The lowest BCUT2D eigenvalue weighted by Crippen LogP contribution is -2.35. The van der Waals surface area contributed by atoms with Gasteiger partial charge in [-0.25, -0.2) is 13.4 Å². The maximum Gasteiger partial charge on any atom is 0.262 e. The molecule has 5 nitrogen and oxygen atoms in total. The van der Waals surface area contributed by atoms with Gasteiger partial charge in [0.15, 0.2) is 0 Å². The van der Waals surface area contributed by atoms with Crippen molar-refractivity contribution in [1.82, 2.24) is 15.2 Å². The molecule has 1 rings (SSSR count). The Kier molecular flexibility index (Phi) is 4.45. The average Bonchev–Trinajstić information content (AvgIpc) is 2.47. The van der Waals surface area contributed by atoms with Crippen molar-refractivity contribution in [3.8, 4) is 0 Å². The zero-order chi connectivity index (χ0) is 12.3. The van der Waals surface area contributed by atoms with Gasteiger partial charge in [0.25, 0.3) is 10.0 Å². The Hall–Kier alpha value is -0.470. The molecule has 0 fully saturated rings. The highest BCUT2D eigenvalue weighted by Crippen LogP contribution is 2.25. The van der Waals surface area contributed by atoms with Crippen molar-refractivity contribution in [2.24, 2.45) is 0 Å². The van der Waals surface area contributed by atoms with Gasteiger partial charge in [0.2, 0.25) is 0 Å². The van der Waals surface area contributed by atoms with Gasteiger partial charge in [-0.05, 0) is 25.6 Å². The number of nitrogens with one attached hydrogen (secondary N) is 2.